The summed E-state index contributed by atoms with van der Waals surface area (Å²) >= 11 is 0. The second-order valence-electron chi connectivity index (χ2n) is 19.1. The van der Waals surface area contributed by atoms with Crippen molar-refractivity contribution in [1.82, 2.24) is 0 Å². The van der Waals surface area contributed by atoms with Crippen molar-refractivity contribution in [2.75, 3.05) is 0 Å². The fourth-order valence-electron chi connectivity index (χ4n) is 11.0. The van der Waals surface area contributed by atoms with E-state index in [4.69, 9.17) is 0 Å². The van der Waals surface area contributed by atoms with Crippen molar-refractivity contribution in [2.45, 2.75) is 188 Å². The number of hydrogen-bond acceptors (Lipinski definition) is 0. The Balaban J connectivity index is 0.000000185. The van der Waals surface area contributed by atoms with E-state index < -0.39 is 0 Å². The average molecular weight is 765 g/mol. The first-order chi connectivity index (χ1) is 27.9. The van der Waals surface area contributed by atoms with Crippen molar-refractivity contribution in [1.29, 1.82) is 0 Å². The largest absolute Gasteiger partial charge is 0.0683 e. The molecule has 308 valence electrons. The van der Waals surface area contributed by atoms with Crippen LogP contribution in [0.1, 0.15) is 209 Å². The minimum atomic E-state index is 0.784. The van der Waals surface area contributed by atoms with Crippen LogP contribution in [0.15, 0.2) is 91.0 Å². The van der Waals surface area contributed by atoms with Crippen molar-refractivity contribution in [2.24, 2.45) is 23.7 Å². The van der Waals surface area contributed by atoms with Gasteiger partial charge in [0.15, 0.2) is 0 Å². The van der Waals surface area contributed by atoms with Crippen molar-refractivity contribution >= 4 is 0 Å². The molecule has 0 N–H and O–H groups in total. The number of benzene rings is 4. The van der Waals surface area contributed by atoms with Gasteiger partial charge in [-0.25, -0.2) is 0 Å². The normalized spacial score (nSPS) is 27.6. The third kappa shape index (κ3) is 11.8. The summed E-state index contributed by atoms with van der Waals surface area (Å²) in [5, 5.41) is 0. The first kappa shape index (κ1) is 43.5. The molecular weight excluding hydrogens is 685 g/mol. The molecule has 57 heavy (non-hydrogen) atoms. The van der Waals surface area contributed by atoms with E-state index >= 15 is 0 Å². The highest BCUT2D eigenvalue weighted by Crippen LogP contribution is 2.41. The predicted octanol–water partition coefficient (Wildman–Crippen LogP) is 17.9. The topological polar surface area (TPSA) is 0 Å². The molecule has 4 aromatic rings. The van der Waals surface area contributed by atoms with Gasteiger partial charge in [0.25, 0.3) is 0 Å². The second kappa shape index (κ2) is 21.8. The second-order valence-corrected chi connectivity index (χ2v) is 19.1. The summed E-state index contributed by atoms with van der Waals surface area (Å²) in [6.07, 6.45) is 24.7. The molecule has 4 aliphatic rings. The lowest BCUT2D eigenvalue weighted by Gasteiger charge is -2.28. The fraction of sp³-hybridized carbons (Fsp3) is 0.579. The molecular formula is C57H80. The number of aryl methyl sites for hydroxylation is 1. The van der Waals surface area contributed by atoms with Crippen molar-refractivity contribution in [3.8, 4) is 22.3 Å². The molecule has 0 saturated heterocycles. The van der Waals surface area contributed by atoms with Gasteiger partial charge in [0, 0.05) is 0 Å². The molecule has 4 aromatic carbocycles. The number of hydrogen-bond donors (Lipinski definition) is 0. The van der Waals surface area contributed by atoms with Gasteiger partial charge < -0.3 is 0 Å². The molecule has 0 bridgehead atoms. The Morgan fingerprint density at radius 1 is 0.368 bits per heavy atom. The Morgan fingerprint density at radius 2 is 0.684 bits per heavy atom. The van der Waals surface area contributed by atoms with E-state index in [0.29, 0.717) is 0 Å². The van der Waals surface area contributed by atoms with Crippen molar-refractivity contribution < 1.29 is 0 Å². The Morgan fingerprint density at radius 3 is 1.04 bits per heavy atom. The summed E-state index contributed by atoms with van der Waals surface area (Å²) in [5.41, 5.74) is 13.3. The first-order valence-corrected chi connectivity index (χ1v) is 24.3. The lowest BCUT2D eigenvalue weighted by atomic mass is 9.77. The van der Waals surface area contributed by atoms with Crippen LogP contribution < -0.4 is 0 Å². The highest BCUT2D eigenvalue weighted by Gasteiger charge is 2.24. The van der Waals surface area contributed by atoms with Gasteiger partial charge in [-0.2, -0.15) is 0 Å². The van der Waals surface area contributed by atoms with Crippen LogP contribution in [0.3, 0.4) is 0 Å². The summed E-state index contributed by atoms with van der Waals surface area (Å²) in [4.78, 5) is 0. The summed E-state index contributed by atoms with van der Waals surface area (Å²) in [6, 6.07) is 35.9. The standard InChI is InChI=1S/C28H38.C27H36.C2H6/c1-4-22-19-27(25-11-7-21(3)8-12-25)17-18-28(22)26-15-13-24(14-16-26)23-9-5-20(2)6-10-23;1-3-21-6-10-23(11-7-21)25-14-18-27(19-15-25)26-16-12-24(13-17-26)22-8-4-20(2)5-9-22;1-2/h13-21,23,25H,4-12H2,1-3H3;12-23H,3-11H2,1-2H3;1-2H3. The van der Waals surface area contributed by atoms with Gasteiger partial charge in [-0.15, -0.1) is 0 Å². The van der Waals surface area contributed by atoms with E-state index in [9.17, 15) is 0 Å². The first-order valence-electron chi connectivity index (χ1n) is 24.3. The Bertz CT molecular complexity index is 1710. The minimum Gasteiger partial charge on any atom is -0.0683 e. The molecule has 0 heteroatoms. The van der Waals surface area contributed by atoms with E-state index in [0.717, 1.165) is 53.8 Å². The maximum absolute atomic E-state index is 2.52. The summed E-state index contributed by atoms with van der Waals surface area (Å²) < 4.78 is 0. The molecule has 0 heterocycles. The maximum Gasteiger partial charge on any atom is -0.0152 e. The van der Waals surface area contributed by atoms with Crippen LogP contribution in [0.2, 0.25) is 0 Å². The molecule has 0 aromatic heterocycles. The van der Waals surface area contributed by atoms with Gasteiger partial charge in [0.05, 0.1) is 0 Å². The Kier molecular flexibility index (Phi) is 16.6. The van der Waals surface area contributed by atoms with Crippen LogP contribution in [0.4, 0.5) is 0 Å². The van der Waals surface area contributed by atoms with Gasteiger partial charge >= 0.3 is 0 Å². The molecule has 0 nitrogen and oxygen atoms in total. The van der Waals surface area contributed by atoms with Gasteiger partial charge in [0.1, 0.15) is 0 Å². The van der Waals surface area contributed by atoms with E-state index in [1.54, 1.807) is 22.3 Å². The van der Waals surface area contributed by atoms with Crippen LogP contribution in [-0.4, -0.2) is 0 Å². The van der Waals surface area contributed by atoms with Crippen LogP contribution in [-0.2, 0) is 6.42 Å². The predicted molar refractivity (Wildman–Crippen MR) is 251 cm³/mol. The van der Waals surface area contributed by atoms with Gasteiger partial charge in [-0.1, -0.05) is 184 Å². The summed E-state index contributed by atoms with van der Waals surface area (Å²) in [7, 11) is 0. The third-order valence-electron chi connectivity index (χ3n) is 15.2. The monoisotopic (exact) mass is 765 g/mol. The smallest absolute Gasteiger partial charge is 0.0152 e. The van der Waals surface area contributed by atoms with Crippen molar-refractivity contribution in [3.05, 3.63) is 119 Å². The van der Waals surface area contributed by atoms with Crippen LogP contribution in [0.25, 0.3) is 22.3 Å². The zero-order valence-corrected chi connectivity index (χ0v) is 37.5. The Hall–Kier alpha value is -3.12. The molecule has 0 radical (unpaired) electrons. The molecule has 0 amide bonds. The molecule has 0 spiro atoms. The number of rotatable bonds is 8. The van der Waals surface area contributed by atoms with Gasteiger partial charge in [0.2, 0.25) is 0 Å². The molecule has 0 aliphatic heterocycles. The van der Waals surface area contributed by atoms with E-state index in [1.807, 2.05) is 13.8 Å². The third-order valence-corrected chi connectivity index (χ3v) is 15.2. The maximum atomic E-state index is 2.52. The van der Waals surface area contributed by atoms with Gasteiger partial charge in [-0.3, -0.25) is 0 Å². The molecule has 4 saturated carbocycles. The summed E-state index contributed by atoms with van der Waals surface area (Å²) in [5.74, 6) is 6.90. The molecule has 8 rings (SSSR count). The zero-order chi connectivity index (χ0) is 40.1. The van der Waals surface area contributed by atoms with Crippen molar-refractivity contribution in [3.63, 3.8) is 0 Å². The molecule has 4 aliphatic carbocycles. The molecule has 4 fully saturated rings. The van der Waals surface area contributed by atoms with Gasteiger partial charge in [-0.05, 0) is 168 Å². The zero-order valence-electron chi connectivity index (χ0n) is 37.5. The van der Waals surface area contributed by atoms with Crippen LogP contribution in [0.5, 0.6) is 0 Å². The van der Waals surface area contributed by atoms with E-state index in [2.05, 4.69) is 126 Å². The molecule has 0 unspecified atom stereocenters. The van der Waals surface area contributed by atoms with Crippen LogP contribution in [0, 0.1) is 23.7 Å². The Labute approximate surface area is 351 Å². The highest BCUT2D eigenvalue weighted by atomic mass is 14.3. The average Bonchev–Trinajstić information content (AvgIpc) is 3.28. The lowest BCUT2D eigenvalue weighted by molar-refractivity contribution is 0.319. The quantitative estimate of drug-likeness (QED) is 0.168. The lowest BCUT2D eigenvalue weighted by Crippen LogP contribution is -2.12. The van der Waals surface area contributed by atoms with E-state index in [1.165, 1.54) is 137 Å². The molecule has 0 atom stereocenters. The summed E-state index contributed by atoms with van der Waals surface area (Å²) in [6.45, 7) is 15.9. The fourth-order valence-corrected chi connectivity index (χ4v) is 11.0. The highest BCUT2D eigenvalue weighted by molar-refractivity contribution is 5.68. The SMILES string of the molecule is CC.CCC1CCC(c2ccc(-c3ccc(C4CCC(C)CC4)cc3)cc2)CC1.CCc1cc(C2CCC(C)CC2)ccc1-c1ccc(C2CCC(C)CC2)cc1. The minimum absolute atomic E-state index is 0.784. The van der Waals surface area contributed by atoms with Crippen LogP contribution >= 0.6 is 0 Å². The van der Waals surface area contributed by atoms with E-state index in [-0.39, 0.29) is 0 Å².